The van der Waals surface area contributed by atoms with Gasteiger partial charge in [-0.2, -0.15) is 4.57 Å². The topological polar surface area (TPSA) is 135 Å². The zero-order valence-electron chi connectivity index (χ0n) is 18.2. The molecule has 2 aromatic rings. The maximum Gasteiger partial charge on any atom is 0.518 e. The van der Waals surface area contributed by atoms with E-state index >= 15 is 0 Å². The average Bonchev–Trinajstić information content (AvgIpc) is 2.71. The van der Waals surface area contributed by atoms with Crippen LogP contribution in [0, 0.1) is 15.3 Å². The SMILES string of the molecule is CNC(=O)c1ccc[n+](COC(=O)Oc2c(C(C)C)cccc2C(C)C)c1.O=[N+]([O-])[O-]. The minimum atomic E-state index is -1.75. The van der Waals surface area contributed by atoms with Crippen molar-refractivity contribution in [3.8, 4) is 5.75 Å². The van der Waals surface area contributed by atoms with E-state index in [1.54, 1.807) is 36.1 Å². The second kappa shape index (κ2) is 12.1. The van der Waals surface area contributed by atoms with Crippen molar-refractivity contribution in [3.63, 3.8) is 0 Å². The van der Waals surface area contributed by atoms with E-state index in [9.17, 15) is 9.59 Å². The predicted molar refractivity (Wildman–Crippen MR) is 112 cm³/mol. The standard InChI is InChI=1S/C21H26N2O4.NO3/c1-14(2)17-9-6-10-18(15(3)4)19(17)27-21(25)26-13-23-11-7-8-16(12-23)20(24)22-5;2-1(3)4/h6-12,14-15H,13H2,1-5H3;/q;-1/p+1. The number of rotatable bonds is 6. The number of ether oxygens (including phenoxy) is 2. The van der Waals surface area contributed by atoms with Crippen LogP contribution in [-0.2, 0) is 11.5 Å². The molecule has 10 nitrogen and oxygen atoms in total. The lowest BCUT2D eigenvalue weighted by molar-refractivity contribution is -0.727. The van der Waals surface area contributed by atoms with Crippen LogP contribution in [0.3, 0.4) is 0 Å². The van der Waals surface area contributed by atoms with E-state index in [1.165, 1.54) is 0 Å². The summed E-state index contributed by atoms with van der Waals surface area (Å²) in [6, 6.07) is 9.29. The Morgan fingerprint density at radius 3 is 2.10 bits per heavy atom. The highest BCUT2D eigenvalue weighted by Gasteiger charge is 2.20. The molecule has 31 heavy (non-hydrogen) atoms. The van der Waals surface area contributed by atoms with Crippen LogP contribution in [-0.4, -0.2) is 24.2 Å². The Kier molecular flexibility index (Phi) is 9.90. The van der Waals surface area contributed by atoms with Crippen LogP contribution in [0.2, 0.25) is 0 Å². The highest BCUT2D eigenvalue weighted by molar-refractivity contribution is 5.93. The molecule has 0 radical (unpaired) electrons. The minimum Gasteiger partial charge on any atom is -0.394 e. The molecule has 0 aliphatic rings. The number of aromatic nitrogens is 1. The molecule has 10 heteroatoms. The number of hydrogen-bond donors (Lipinski definition) is 1. The number of amides is 1. The number of pyridine rings is 1. The van der Waals surface area contributed by atoms with Gasteiger partial charge < -0.3 is 30.1 Å². The fraction of sp³-hybridized carbons (Fsp3) is 0.381. The van der Waals surface area contributed by atoms with E-state index in [0.717, 1.165) is 11.1 Å². The third kappa shape index (κ3) is 8.29. The molecule has 1 heterocycles. The molecule has 1 amide bonds. The van der Waals surface area contributed by atoms with Crippen molar-refractivity contribution < 1.29 is 28.7 Å². The lowest BCUT2D eigenvalue weighted by atomic mass is 9.94. The average molecular weight is 433 g/mol. The van der Waals surface area contributed by atoms with E-state index in [-0.39, 0.29) is 24.5 Å². The first-order valence-corrected chi connectivity index (χ1v) is 9.56. The molecule has 0 fully saturated rings. The number of carbonyl (C=O) groups excluding carboxylic acids is 2. The Labute approximate surface area is 180 Å². The van der Waals surface area contributed by atoms with Gasteiger partial charge in [-0.3, -0.25) is 4.79 Å². The zero-order chi connectivity index (χ0) is 23.6. The summed E-state index contributed by atoms with van der Waals surface area (Å²) in [6.07, 6.45) is 2.54. The molecule has 0 spiro atoms. The van der Waals surface area contributed by atoms with Crippen LogP contribution >= 0.6 is 0 Å². The fourth-order valence-electron chi connectivity index (χ4n) is 2.72. The van der Waals surface area contributed by atoms with Gasteiger partial charge >= 0.3 is 6.16 Å². The van der Waals surface area contributed by atoms with E-state index < -0.39 is 11.2 Å². The second-order valence-electron chi connectivity index (χ2n) is 7.11. The third-order valence-electron chi connectivity index (χ3n) is 4.18. The molecule has 0 saturated carbocycles. The quantitative estimate of drug-likeness (QED) is 0.242. The van der Waals surface area contributed by atoms with Crippen molar-refractivity contribution >= 4 is 12.1 Å². The first kappa shape index (κ1) is 25.3. The zero-order valence-corrected chi connectivity index (χ0v) is 18.2. The van der Waals surface area contributed by atoms with Crippen LogP contribution in [0.4, 0.5) is 4.79 Å². The van der Waals surface area contributed by atoms with Crippen LogP contribution in [0.1, 0.15) is 61.0 Å². The van der Waals surface area contributed by atoms with E-state index in [1.807, 2.05) is 18.2 Å². The summed E-state index contributed by atoms with van der Waals surface area (Å²) in [6.45, 7) is 8.16. The van der Waals surface area contributed by atoms with Gasteiger partial charge in [0.05, 0.1) is 5.09 Å². The van der Waals surface area contributed by atoms with Gasteiger partial charge in [0.25, 0.3) is 12.6 Å². The highest BCUT2D eigenvalue weighted by Crippen LogP contribution is 2.34. The van der Waals surface area contributed by atoms with Gasteiger partial charge in [0, 0.05) is 13.1 Å². The Balaban J connectivity index is 0.00000110. The fourth-order valence-corrected chi connectivity index (χ4v) is 2.72. The van der Waals surface area contributed by atoms with Crippen molar-refractivity contribution in [1.82, 2.24) is 5.32 Å². The smallest absolute Gasteiger partial charge is 0.394 e. The number of nitrogens with zero attached hydrogens (tertiary/aromatic N) is 2. The molecular weight excluding hydrogens is 406 g/mol. The van der Waals surface area contributed by atoms with Crippen LogP contribution in [0.25, 0.3) is 0 Å². The van der Waals surface area contributed by atoms with Gasteiger partial charge in [0.1, 0.15) is 11.3 Å². The van der Waals surface area contributed by atoms with Crippen molar-refractivity contribution in [2.45, 2.75) is 46.3 Å². The third-order valence-corrected chi connectivity index (χ3v) is 4.18. The molecule has 1 aromatic heterocycles. The molecular formula is C21H27N3O7. The molecule has 0 saturated heterocycles. The summed E-state index contributed by atoms with van der Waals surface area (Å²) in [5.41, 5.74) is 2.41. The number of hydrogen-bond acceptors (Lipinski definition) is 7. The number of benzene rings is 1. The maximum absolute atomic E-state index is 12.3. The largest absolute Gasteiger partial charge is 0.518 e. The summed E-state index contributed by atoms with van der Waals surface area (Å²) in [5.74, 6) is 0.784. The molecule has 2 rings (SSSR count). The lowest BCUT2D eigenvalue weighted by Gasteiger charge is -2.18. The van der Waals surface area contributed by atoms with Crippen LogP contribution < -0.4 is 14.6 Å². The normalized spacial score (nSPS) is 10.2. The van der Waals surface area contributed by atoms with E-state index in [4.69, 9.17) is 24.8 Å². The monoisotopic (exact) mass is 433 g/mol. The van der Waals surface area contributed by atoms with Gasteiger partial charge in [0.2, 0.25) is 0 Å². The first-order chi connectivity index (χ1) is 14.6. The van der Waals surface area contributed by atoms with Gasteiger partial charge in [-0.25, -0.2) is 4.79 Å². The summed E-state index contributed by atoms with van der Waals surface area (Å²) in [7, 11) is 1.56. The molecule has 168 valence electrons. The van der Waals surface area contributed by atoms with Gasteiger partial charge in [0.15, 0.2) is 12.4 Å². The molecule has 0 atom stereocenters. The number of carbonyl (C=O) groups is 2. The van der Waals surface area contributed by atoms with Gasteiger partial charge in [-0.15, -0.1) is 0 Å². The Morgan fingerprint density at radius 1 is 1.06 bits per heavy atom. The summed E-state index contributed by atoms with van der Waals surface area (Å²) < 4.78 is 12.4. The van der Waals surface area contributed by atoms with Crippen molar-refractivity contribution in [1.29, 1.82) is 0 Å². The molecule has 0 unspecified atom stereocenters. The molecule has 1 N–H and O–H groups in total. The van der Waals surface area contributed by atoms with Crippen molar-refractivity contribution in [2.75, 3.05) is 7.05 Å². The Hall–Kier alpha value is -3.69. The molecule has 0 aliphatic heterocycles. The first-order valence-electron chi connectivity index (χ1n) is 9.56. The van der Waals surface area contributed by atoms with Crippen molar-refractivity contribution in [3.05, 3.63) is 74.7 Å². The summed E-state index contributed by atoms with van der Waals surface area (Å²) in [5, 5.41) is 17.3. The number of para-hydroxylation sites is 1. The molecule has 0 aliphatic carbocycles. The predicted octanol–water partition coefficient (Wildman–Crippen LogP) is 3.51. The van der Waals surface area contributed by atoms with Crippen LogP contribution in [0.5, 0.6) is 5.75 Å². The second-order valence-corrected chi connectivity index (χ2v) is 7.11. The van der Waals surface area contributed by atoms with E-state index in [2.05, 4.69) is 33.0 Å². The Morgan fingerprint density at radius 2 is 1.61 bits per heavy atom. The van der Waals surface area contributed by atoms with Crippen LogP contribution in [0.15, 0.2) is 42.7 Å². The summed E-state index contributed by atoms with van der Waals surface area (Å²) in [4.78, 5) is 32.2. The van der Waals surface area contributed by atoms with Gasteiger partial charge in [-0.1, -0.05) is 45.9 Å². The highest BCUT2D eigenvalue weighted by atomic mass is 16.9. The minimum absolute atomic E-state index is 0.0511. The Bertz CT molecular complexity index is 883. The molecule has 1 aromatic carbocycles. The molecule has 0 bridgehead atoms. The van der Waals surface area contributed by atoms with Gasteiger partial charge in [-0.05, 0) is 29.0 Å². The summed E-state index contributed by atoms with van der Waals surface area (Å²) >= 11 is 0. The van der Waals surface area contributed by atoms with Crippen molar-refractivity contribution in [2.24, 2.45) is 0 Å². The lowest BCUT2D eigenvalue weighted by Crippen LogP contribution is -2.37. The number of nitrogens with one attached hydrogen (secondary N) is 1. The maximum atomic E-state index is 12.3. The van der Waals surface area contributed by atoms with E-state index in [0.29, 0.717) is 11.3 Å².